The molecule has 0 aliphatic carbocycles. The Bertz CT molecular complexity index is 754. The number of nitrogens with zero attached hydrogens (tertiary/aromatic N) is 5. The number of thiophene rings is 1. The Morgan fingerprint density at radius 3 is 3.05 bits per heavy atom. The molecule has 0 saturated carbocycles. The van der Waals surface area contributed by atoms with Gasteiger partial charge >= 0.3 is 0 Å². The van der Waals surface area contributed by atoms with Gasteiger partial charge in [0.15, 0.2) is 11.5 Å². The van der Waals surface area contributed by atoms with Crippen LogP contribution < -0.4 is 4.90 Å². The molecule has 0 aromatic carbocycles. The van der Waals surface area contributed by atoms with E-state index in [1.165, 1.54) is 0 Å². The molecule has 1 aliphatic rings. The van der Waals surface area contributed by atoms with E-state index < -0.39 is 0 Å². The summed E-state index contributed by atoms with van der Waals surface area (Å²) in [4.78, 5) is 2.16. The maximum absolute atomic E-state index is 9.48. The third-order valence-electron chi connectivity index (χ3n) is 3.91. The van der Waals surface area contributed by atoms with Crippen molar-refractivity contribution in [2.45, 2.75) is 18.9 Å². The number of aliphatic hydroxyl groups is 1. The number of anilines is 1. The topological polar surface area (TPSA) is 66.5 Å². The quantitative estimate of drug-likeness (QED) is 0.799. The fourth-order valence-electron chi connectivity index (χ4n) is 2.83. The van der Waals surface area contributed by atoms with Gasteiger partial charge in [-0.1, -0.05) is 0 Å². The van der Waals surface area contributed by atoms with E-state index in [2.05, 4.69) is 20.2 Å². The van der Waals surface area contributed by atoms with Crippen molar-refractivity contribution in [3.8, 4) is 11.4 Å². The minimum Gasteiger partial charge on any atom is -0.394 e. The zero-order valence-electron chi connectivity index (χ0n) is 11.4. The van der Waals surface area contributed by atoms with Gasteiger partial charge in [0.05, 0.1) is 12.6 Å². The molecule has 0 radical (unpaired) electrons. The van der Waals surface area contributed by atoms with E-state index >= 15 is 0 Å². The Morgan fingerprint density at radius 2 is 2.24 bits per heavy atom. The summed E-state index contributed by atoms with van der Waals surface area (Å²) in [6.07, 6.45) is 2.10. The molecule has 0 spiro atoms. The molecule has 1 saturated heterocycles. The fraction of sp³-hybridized carbons (Fsp3) is 0.357. The smallest absolute Gasteiger partial charge is 0.186 e. The molecule has 0 amide bonds. The van der Waals surface area contributed by atoms with Gasteiger partial charge < -0.3 is 10.0 Å². The average molecular weight is 301 g/mol. The number of hydrogen-bond donors (Lipinski definition) is 1. The molecule has 1 fully saturated rings. The predicted octanol–water partition coefficient (Wildman–Crippen LogP) is 1.81. The minimum atomic E-state index is 0.163. The van der Waals surface area contributed by atoms with Crippen LogP contribution in [0.25, 0.3) is 17.0 Å². The van der Waals surface area contributed by atoms with Crippen molar-refractivity contribution in [2.75, 3.05) is 18.1 Å². The number of fused-ring (bicyclic) bond motifs is 1. The zero-order valence-corrected chi connectivity index (χ0v) is 12.2. The summed E-state index contributed by atoms with van der Waals surface area (Å²) in [5.41, 5.74) is 1.76. The second-order valence-electron chi connectivity index (χ2n) is 5.17. The van der Waals surface area contributed by atoms with Gasteiger partial charge in [0.1, 0.15) is 5.82 Å². The maximum Gasteiger partial charge on any atom is 0.186 e. The van der Waals surface area contributed by atoms with Crippen LogP contribution in [0, 0.1) is 0 Å². The van der Waals surface area contributed by atoms with Crippen molar-refractivity contribution < 1.29 is 5.11 Å². The van der Waals surface area contributed by atoms with Crippen LogP contribution >= 0.6 is 11.3 Å². The molecule has 1 aliphatic heterocycles. The van der Waals surface area contributed by atoms with Crippen LogP contribution in [0.1, 0.15) is 12.8 Å². The number of aromatic nitrogens is 4. The van der Waals surface area contributed by atoms with Crippen LogP contribution in [0.3, 0.4) is 0 Å². The summed E-state index contributed by atoms with van der Waals surface area (Å²) in [6.45, 7) is 1.10. The number of rotatable bonds is 3. The minimum absolute atomic E-state index is 0.163. The van der Waals surface area contributed by atoms with Crippen LogP contribution in [-0.2, 0) is 0 Å². The van der Waals surface area contributed by atoms with E-state index in [-0.39, 0.29) is 12.6 Å². The van der Waals surface area contributed by atoms with Crippen molar-refractivity contribution in [1.82, 2.24) is 19.8 Å². The molecular weight excluding hydrogens is 286 g/mol. The van der Waals surface area contributed by atoms with Crippen molar-refractivity contribution in [1.29, 1.82) is 0 Å². The fourth-order valence-corrected chi connectivity index (χ4v) is 3.47. The van der Waals surface area contributed by atoms with Crippen molar-refractivity contribution in [3.63, 3.8) is 0 Å². The van der Waals surface area contributed by atoms with Gasteiger partial charge in [-0.3, -0.25) is 0 Å². The zero-order chi connectivity index (χ0) is 14.2. The largest absolute Gasteiger partial charge is 0.394 e. The summed E-state index contributed by atoms with van der Waals surface area (Å²) >= 11 is 1.63. The van der Waals surface area contributed by atoms with Gasteiger partial charge in [-0.15, -0.1) is 15.3 Å². The van der Waals surface area contributed by atoms with Gasteiger partial charge in [-0.05, 0) is 36.4 Å². The summed E-state index contributed by atoms with van der Waals surface area (Å²) < 4.78 is 1.78. The Kier molecular flexibility index (Phi) is 3.08. The molecule has 0 bridgehead atoms. The molecule has 6 nitrogen and oxygen atoms in total. The highest BCUT2D eigenvalue weighted by Crippen LogP contribution is 2.25. The number of hydrogen-bond acceptors (Lipinski definition) is 6. The van der Waals surface area contributed by atoms with Gasteiger partial charge in [0.25, 0.3) is 0 Å². The monoisotopic (exact) mass is 301 g/mol. The van der Waals surface area contributed by atoms with Gasteiger partial charge in [-0.2, -0.15) is 15.9 Å². The highest BCUT2D eigenvalue weighted by atomic mass is 32.1. The van der Waals surface area contributed by atoms with E-state index in [1.807, 2.05) is 29.0 Å². The normalized spacial score (nSPS) is 18.7. The average Bonchev–Trinajstić information content (AvgIpc) is 3.25. The SMILES string of the molecule is OC[C@H]1CCCN1c1ccc2nnc(-c3ccsc3)n2n1. The Hall–Kier alpha value is -1.99. The van der Waals surface area contributed by atoms with Gasteiger partial charge in [0, 0.05) is 17.5 Å². The highest BCUT2D eigenvalue weighted by molar-refractivity contribution is 7.08. The lowest BCUT2D eigenvalue weighted by Gasteiger charge is -2.23. The first kappa shape index (κ1) is 12.7. The molecule has 1 atom stereocenters. The van der Waals surface area contributed by atoms with Crippen LogP contribution in [0.5, 0.6) is 0 Å². The second-order valence-corrected chi connectivity index (χ2v) is 5.95. The molecule has 4 rings (SSSR count). The van der Waals surface area contributed by atoms with Crippen LogP contribution in [0.4, 0.5) is 5.82 Å². The molecule has 3 aromatic rings. The standard InChI is InChI=1S/C14H15N5OS/c20-8-11-2-1-6-18(11)13-4-3-12-15-16-14(19(12)17-13)10-5-7-21-9-10/h3-5,7,9,11,20H,1-2,6,8H2/t11-/m1/s1. The lowest BCUT2D eigenvalue weighted by Crippen LogP contribution is -2.33. The molecule has 4 heterocycles. The predicted molar refractivity (Wildman–Crippen MR) is 81.5 cm³/mol. The first-order valence-electron chi connectivity index (χ1n) is 6.99. The molecule has 1 N–H and O–H groups in total. The summed E-state index contributed by atoms with van der Waals surface area (Å²) in [5, 5.41) is 26.6. The first-order chi connectivity index (χ1) is 10.4. The van der Waals surface area contributed by atoms with Gasteiger partial charge in [0.2, 0.25) is 0 Å². The van der Waals surface area contributed by atoms with Crippen LogP contribution in [0.15, 0.2) is 29.0 Å². The maximum atomic E-state index is 9.48. The van der Waals surface area contributed by atoms with Crippen LogP contribution in [0.2, 0.25) is 0 Å². The second kappa shape index (κ2) is 5.09. The molecule has 0 unspecified atom stereocenters. The first-order valence-corrected chi connectivity index (χ1v) is 7.93. The summed E-state index contributed by atoms with van der Waals surface area (Å²) in [7, 11) is 0. The molecule has 3 aromatic heterocycles. The lowest BCUT2D eigenvalue weighted by atomic mass is 10.2. The Morgan fingerprint density at radius 1 is 1.29 bits per heavy atom. The Labute approximate surface area is 125 Å². The molecule has 7 heteroatoms. The van der Waals surface area contributed by atoms with E-state index in [1.54, 1.807) is 15.9 Å². The van der Waals surface area contributed by atoms with Gasteiger partial charge in [-0.25, -0.2) is 0 Å². The van der Waals surface area contributed by atoms with Crippen molar-refractivity contribution in [3.05, 3.63) is 29.0 Å². The van der Waals surface area contributed by atoms with E-state index in [4.69, 9.17) is 0 Å². The molecule has 21 heavy (non-hydrogen) atoms. The van der Waals surface area contributed by atoms with E-state index in [9.17, 15) is 5.11 Å². The summed E-state index contributed by atoms with van der Waals surface area (Å²) in [6, 6.07) is 6.06. The van der Waals surface area contributed by atoms with Crippen molar-refractivity contribution >= 4 is 22.8 Å². The lowest BCUT2D eigenvalue weighted by molar-refractivity contribution is 0.266. The third-order valence-corrected chi connectivity index (χ3v) is 4.59. The Balaban J connectivity index is 1.80. The van der Waals surface area contributed by atoms with E-state index in [0.717, 1.165) is 42.2 Å². The molecule has 108 valence electrons. The summed E-state index contributed by atoms with van der Waals surface area (Å²) in [5.74, 6) is 1.63. The molecular formula is C14H15N5OS. The number of aliphatic hydroxyl groups excluding tert-OH is 1. The highest BCUT2D eigenvalue weighted by Gasteiger charge is 2.25. The van der Waals surface area contributed by atoms with Crippen molar-refractivity contribution in [2.24, 2.45) is 0 Å². The van der Waals surface area contributed by atoms with Crippen LogP contribution in [-0.4, -0.2) is 44.1 Å². The third kappa shape index (κ3) is 2.09. The van der Waals surface area contributed by atoms with E-state index in [0.29, 0.717) is 0 Å².